The van der Waals surface area contributed by atoms with Crippen LogP contribution in [0.4, 0.5) is 25.1 Å². The molecule has 220 valence electrons. The lowest BCUT2D eigenvalue weighted by Crippen LogP contribution is -2.52. The molecule has 41 heavy (non-hydrogen) atoms. The normalized spacial score (nSPS) is 13.5. The average molecular weight is 610 g/mol. The van der Waals surface area contributed by atoms with Gasteiger partial charge in [-0.05, 0) is 51.1 Å². The van der Waals surface area contributed by atoms with Crippen LogP contribution >= 0.6 is 25.1 Å². The zero-order valence-corrected chi connectivity index (χ0v) is 24.3. The van der Waals surface area contributed by atoms with Gasteiger partial charge in [0.1, 0.15) is 40.6 Å². The topological polar surface area (TPSA) is 126 Å². The van der Waals surface area contributed by atoms with E-state index in [9.17, 15) is 28.3 Å². The summed E-state index contributed by atoms with van der Waals surface area (Å²) in [7, 11) is 0. The van der Waals surface area contributed by atoms with E-state index < -0.39 is 47.7 Å². The Balaban J connectivity index is 0.00000462. The summed E-state index contributed by atoms with van der Waals surface area (Å²) in [5.74, 6) is -2.14. The van der Waals surface area contributed by atoms with Gasteiger partial charge < -0.3 is 29.9 Å². The van der Waals surface area contributed by atoms with Gasteiger partial charge >= 0.3 is 12.1 Å². The molecule has 0 fully saturated rings. The summed E-state index contributed by atoms with van der Waals surface area (Å²) in [5.41, 5.74) is 0.351. The summed E-state index contributed by atoms with van der Waals surface area (Å²) in [6.07, 6.45) is -1.56. The lowest BCUT2D eigenvalue weighted by atomic mass is 10.1. The second kappa shape index (κ2) is 12.8. The highest BCUT2D eigenvalue weighted by molar-refractivity contribution is 7.59. The number of aromatic nitrogens is 2. The molecule has 2 amide bonds. The lowest BCUT2D eigenvalue weighted by molar-refractivity contribution is -0.143. The van der Waals surface area contributed by atoms with Gasteiger partial charge in [-0.3, -0.25) is 9.59 Å². The number of nitrogens with zero attached hydrogens (tertiary/aromatic N) is 3. The van der Waals surface area contributed by atoms with Gasteiger partial charge in [0, 0.05) is 24.3 Å². The molecule has 0 bridgehead atoms. The van der Waals surface area contributed by atoms with Crippen molar-refractivity contribution >= 4 is 54.6 Å². The van der Waals surface area contributed by atoms with E-state index in [-0.39, 0.29) is 38.2 Å². The fourth-order valence-corrected chi connectivity index (χ4v) is 4.36. The predicted molar refractivity (Wildman–Crippen MR) is 154 cm³/mol. The number of ether oxygens (including phenoxy) is 1. The summed E-state index contributed by atoms with van der Waals surface area (Å²) in [6, 6.07) is 8.62. The number of amides is 2. The second-order valence-corrected chi connectivity index (χ2v) is 10.6. The van der Waals surface area contributed by atoms with E-state index in [2.05, 4.69) is 15.6 Å². The van der Waals surface area contributed by atoms with Gasteiger partial charge in [0.25, 0.3) is 0 Å². The molecule has 0 unspecified atom stereocenters. The number of alkyl carbamates (subject to hydrolysis) is 1. The number of halogens is 3. The number of aliphatic carboxylic acids is 1. The first-order valence-electron chi connectivity index (χ1n) is 12.4. The van der Waals surface area contributed by atoms with Gasteiger partial charge in [0.05, 0.1) is 18.0 Å². The van der Waals surface area contributed by atoms with Gasteiger partial charge in [-0.25, -0.2) is 18.6 Å². The molecule has 3 aromatic rings. The molecular formula is C27H30ClF2N5O5S. The van der Waals surface area contributed by atoms with Crippen LogP contribution < -0.4 is 10.6 Å². The van der Waals surface area contributed by atoms with E-state index in [4.69, 9.17) is 16.3 Å². The third-order valence-electron chi connectivity index (χ3n) is 5.93. The standard InChI is InChI=1S/C27H28ClF2N5O5.H2S/c1-27(2,3)40-26(39)32-20(13-22(36)37)25(38)34-9-10-35-21(14-34)33-23(15-5-4-6-16(29)11-15)24(35)31-17-7-8-18(28)19(30)12-17;/h4-8,11-12,20,31H,9-10,13-14H2,1-3H3,(H,32,39)(H,36,37);1H2/t20-;/m0./s1. The number of hydrogen-bond donors (Lipinski definition) is 3. The van der Waals surface area contributed by atoms with Crippen molar-refractivity contribution in [1.82, 2.24) is 19.8 Å². The summed E-state index contributed by atoms with van der Waals surface area (Å²) >= 11 is 5.82. The van der Waals surface area contributed by atoms with E-state index in [1.807, 2.05) is 0 Å². The second-order valence-electron chi connectivity index (χ2n) is 10.2. The van der Waals surface area contributed by atoms with Crippen LogP contribution in [-0.4, -0.2) is 55.7 Å². The number of fused-ring (bicyclic) bond motifs is 1. The number of carbonyl (C=O) groups excluding carboxylic acids is 2. The van der Waals surface area contributed by atoms with Gasteiger partial charge in [0.2, 0.25) is 5.91 Å². The SMILES string of the molecule is CC(C)(C)OC(=O)N[C@@H](CC(=O)O)C(=O)N1CCn2c(nc(-c3cccc(F)c3)c2Nc2ccc(Cl)c(F)c2)C1.S. The maximum atomic E-state index is 14.1. The summed E-state index contributed by atoms with van der Waals surface area (Å²) in [4.78, 5) is 43.1. The molecule has 2 heterocycles. The molecule has 4 rings (SSSR count). The highest BCUT2D eigenvalue weighted by Gasteiger charge is 2.33. The van der Waals surface area contributed by atoms with Crippen LogP contribution in [0.1, 0.15) is 33.0 Å². The minimum absolute atomic E-state index is 0. The Morgan fingerprint density at radius 2 is 1.88 bits per heavy atom. The van der Waals surface area contributed by atoms with Crippen LogP contribution in [0.15, 0.2) is 42.5 Å². The van der Waals surface area contributed by atoms with Gasteiger partial charge in [-0.2, -0.15) is 13.5 Å². The lowest BCUT2D eigenvalue weighted by Gasteiger charge is -2.31. The molecule has 0 aliphatic carbocycles. The zero-order valence-electron chi connectivity index (χ0n) is 22.5. The Labute approximate surface area is 247 Å². The van der Waals surface area contributed by atoms with E-state index >= 15 is 0 Å². The largest absolute Gasteiger partial charge is 0.481 e. The van der Waals surface area contributed by atoms with E-state index in [1.165, 1.54) is 35.2 Å². The third kappa shape index (κ3) is 7.88. The maximum Gasteiger partial charge on any atom is 0.408 e. The molecular weight excluding hydrogens is 580 g/mol. The average Bonchev–Trinajstić information content (AvgIpc) is 3.21. The molecule has 1 aliphatic heterocycles. The van der Waals surface area contributed by atoms with Crippen LogP contribution in [-0.2, 0) is 27.4 Å². The molecule has 0 saturated carbocycles. The quantitative estimate of drug-likeness (QED) is 0.342. The molecule has 1 atom stereocenters. The Morgan fingerprint density at radius 3 is 2.51 bits per heavy atom. The Bertz CT molecular complexity index is 1460. The Morgan fingerprint density at radius 1 is 1.15 bits per heavy atom. The number of hydrogen-bond acceptors (Lipinski definition) is 6. The molecule has 3 N–H and O–H groups in total. The third-order valence-corrected chi connectivity index (χ3v) is 6.24. The van der Waals surface area contributed by atoms with Crippen molar-refractivity contribution in [2.24, 2.45) is 0 Å². The predicted octanol–water partition coefficient (Wildman–Crippen LogP) is 5.05. The minimum Gasteiger partial charge on any atom is -0.481 e. The molecule has 0 radical (unpaired) electrons. The van der Waals surface area contributed by atoms with Crippen molar-refractivity contribution < 1.29 is 33.0 Å². The van der Waals surface area contributed by atoms with Gasteiger partial charge in [-0.1, -0.05) is 23.7 Å². The fourth-order valence-electron chi connectivity index (χ4n) is 4.24. The number of nitrogens with one attached hydrogen (secondary N) is 2. The molecule has 0 saturated heterocycles. The van der Waals surface area contributed by atoms with Crippen LogP contribution in [0.3, 0.4) is 0 Å². The van der Waals surface area contributed by atoms with Crippen molar-refractivity contribution in [3.05, 3.63) is 64.9 Å². The minimum atomic E-state index is -1.37. The number of carbonyl (C=O) groups is 3. The van der Waals surface area contributed by atoms with Crippen molar-refractivity contribution in [1.29, 1.82) is 0 Å². The van der Waals surface area contributed by atoms with Crippen molar-refractivity contribution in [3.63, 3.8) is 0 Å². The van der Waals surface area contributed by atoms with Crippen LogP contribution in [0, 0.1) is 11.6 Å². The molecule has 1 aromatic heterocycles. The molecule has 2 aromatic carbocycles. The first-order valence-corrected chi connectivity index (χ1v) is 12.8. The fraction of sp³-hybridized carbons (Fsp3) is 0.333. The van der Waals surface area contributed by atoms with Crippen molar-refractivity contribution in [2.75, 3.05) is 11.9 Å². The number of carboxylic acid groups (broad SMARTS) is 1. The first-order chi connectivity index (χ1) is 18.8. The first kappa shape index (κ1) is 31.7. The number of rotatable bonds is 7. The highest BCUT2D eigenvalue weighted by atomic mass is 35.5. The van der Waals surface area contributed by atoms with Crippen LogP contribution in [0.25, 0.3) is 11.3 Å². The Kier molecular flexibility index (Phi) is 9.87. The highest BCUT2D eigenvalue weighted by Crippen LogP contribution is 2.34. The molecule has 0 spiro atoms. The number of benzene rings is 2. The summed E-state index contributed by atoms with van der Waals surface area (Å²) in [5, 5.41) is 14.8. The summed E-state index contributed by atoms with van der Waals surface area (Å²) in [6.45, 7) is 5.29. The molecule has 14 heteroatoms. The number of carboxylic acids is 1. The number of anilines is 2. The maximum absolute atomic E-state index is 14.1. The Hall–Kier alpha value is -3.84. The van der Waals surface area contributed by atoms with E-state index in [0.717, 1.165) is 0 Å². The molecule has 1 aliphatic rings. The monoisotopic (exact) mass is 609 g/mol. The van der Waals surface area contributed by atoms with E-state index in [1.54, 1.807) is 37.5 Å². The van der Waals surface area contributed by atoms with Gasteiger partial charge in [-0.15, -0.1) is 0 Å². The molecule has 10 nitrogen and oxygen atoms in total. The van der Waals surface area contributed by atoms with Gasteiger partial charge in [0.15, 0.2) is 0 Å². The van der Waals surface area contributed by atoms with Crippen molar-refractivity contribution in [3.8, 4) is 11.3 Å². The zero-order chi connectivity index (χ0) is 29.2. The van der Waals surface area contributed by atoms with Crippen molar-refractivity contribution in [2.45, 2.75) is 51.9 Å². The number of imidazole rings is 1. The van der Waals surface area contributed by atoms with Crippen LogP contribution in [0.5, 0.6) is 0 Å². The van der Waals surface area contributed by atoms with E-state index in [0.29, 0.717) is 28.6 Å². The smallest absolute Gasteiger partial charge is 0.408 e. The summed E-state index contributed by atoms with van der Waals surface area (Å²) < 4.78 is 35.2. The van der Waals surface area contributed by atoms with Crippen LogP contribution in [0.2, 0.25) is 5.02 Å².